The summed E-state index contributed by atoms with van der Waals surface area (Å²) < 4.78 is 5.53. The van der Waals surface area contributed by atoms with Crippen LogP contribution < -0.4 is 5.32 Å². The number of carbonyl (C=O) groups is 2. The van der Waals surface area contributed by atoms with Crippen molar-refractivity contribution in [3.8, 4) is 0 Å². The van der Waals surface area contributed by atoms with Crippen molar-refractivity contribution in [2.75, 3.05) is 38.7 Å². The molecule has 0 radical (unpaired) electrons. The van der Waals surface area contributed by atoms with Crippen molar-refractivity contribution < 1.29 is 14.3 Å². The highest BCUT2D eigenvalue weighted by atomic mass is 16.5. The van der Waals surface area contributed by atoms with E-state index in [0.717, 1.165) is 40.8 Å². The minimum atomic E-state index is -0.313. The number of amides is 2. The molecule has 37 heavy (non-hydrogen) atoms. The zero-order valence-corrected chi connectivity index (χ0v) is 20.7. The fourth-order valence-electron chi connectivity index (χ4n) is 5.26. The number of likely N-dealkylation sites (tertiary alicyclic amines) is 1. The van der Waals surface area contributed by atoms with Gasteiger partial charge in [-0.25, -0.2) is 9.97 Å². The van der Waals surface area contributed by atoms with Gasteiger partial charge in [0.25, 0.3) is 5.91 Å². The molecule has 3 aromatic rings. The smallest absolute Gasteiger partial charge is 0.270 e. The maximum Gasteiger partial charge on any atom is 0.270 e. The number of hydrogen-bond acceptors (Lipinski definition) is 7. The first-order valence-corrected chi connectivity index (χ1v) is 12.6. The van der Waals surface area contributed by atoms with Crippen LogP contribution in [0.4, 0.5) is 11.6 Å². The van der Waals surface area contributed by atoms with E-state index in [1.54, 1.807) is 6.20 Å². The van der Waals surface area contributed by atoms with Crippen molar-refractivity contribution in [3.05, 3.63) is 54.0 Å². The van der Waals surface area contributed by atoms with E-state index < -0.39 is 0 Å². The van der Waals surface area contributed by atoms with Crippen LogP contribution in [0.2, 0.25) is 0 Å². The molecule has 1 aromatic carbocycles. The number of benzene rings is 1. The molecule has 1 spiro atoms. The summed E-state index contributed by atoms with van der Waals surface area (Å²) in [7, 11) is 1.84. The van der Waals surface area contributed by atoms with E-state index in [0.29, 0.717) is 44.2 Å². The summed E-state index contributed by atoms with van der Waals surface area (Å²) in [6.07, 6.45) is 9.03. The van der Waals surface area contributed by atoms with Gasteiger partial charge >= 0.3 is 0 Å². The third-order valence-electron chi connectivity index (χ3n) is 7.55. The van der Waals surface area contributed by atoms with Crippen molar-refractivity contribution >= 4 is 46.3 Å². The Kier molecular flexibility index (Phi) is 5.96. The molecule has 10 nitrogen and oxygen atoms in total. The number of carbonyl (C=O) groups excluding carboxylic acids is 2. The Labute approximate surface area is 214 Å². The summed E-state index contributed by atoms with van der Waals surface area (Å²) in [6, 6.07) is 9.58. The van der Waals surface area contributed by atoms with Gasteiger partial charge in [0.1, 0.15) is 12.3 Å². The highest BCUT2D eigenvalue weighted by Crippen LogP contribution is 2.32. The molecule has 0 aliphatic carbocycles. The highest BCUT2D eigenvalue weighted by molar-refractivity contribution is 5.99. The number of H-pyrrole nitrogens is 1. The number of ether oxygens (including phenoxy) is 1. The van der Waals surface area contributed by atoms with Crippen LogP contribution in [0.1, 0.15) is 41.9 Å². The Morgan fingerprint density at radius 1 is 1.16 bits per heavy atom. The average Bonchev–Trinajstić information content (AvgIpc) is 3.36. The molecule has 0 saturated carbocycles. The average molecular weight is 500 g/mol. The Bertz CT molecular complexity index is 1420. The molecule has 0 bridgehead atoms. The van der Waals surface area contributed by atoms with Crippen molar-refractivity contribution in [3.63, 3.8) is 0 Å². The number of nitrogens with zero attached hydrogens (tertiary/aromatic N) is 5. The van der Waals surface area contributed by atoms with Crippen LogP contribution in [0.15, 0.2) is 47.6 Å². The molecule has 3 aliphatic rings. The first-order chi connectivity index (χ1) is 18.0. The van der Waals surface area contributed by atoms with E-state index in [-0.39, 0.29) is 24.0 Å². The Hall–Kier alpha value is -4.05. The highest BCUT2D eigenvalue weighted by Gasteiger charge is 2.44. The molecule has 3 aliphatic heterocycles. The third-order valence-corrected chi connectivity index (χ3v) is 7.55. The number of rotatable bonds is 4. The van der Waals surface area contributed by atoms with Gasteiger partial charge in [0.15, 0.2) is 0 Å². The lowest BCUT2D eigenvalue weighted by Gasteiger charge is -2.49. The van der Waals surface area contributed by atoms with Crippen LogP contribution in [0.25, 0.3) is 16.6 Å². The van der Waals surface area contributed by atoms with Gasteiger partial charge in [-0.3, -0.25) is 14.6 Å². The number of aromatic nitrogens is 3. The number of anilines is 2. The van der Waals surface area contributed by atoms with Gasteiger partial charge in [-0.05, 0) is 56.0 Å². The number of aliphatic imine (C=N–C) groups is 1. The number of fused-ring (bicyclic) bond motifs is 1. The number of nitrogens with one attached hydrogen (secondary N) is 2. The van der Waals surface area contributed by atoms with Gasteiger partial charge < -0.3 is 24.8 Å². The summed E-state index contributed by atoms with van der Waals surface area (Å²) in [5, 5.41) is 4.18. The SMILES string of the molecule is CN1C(=O)COCC12CCN(C(=O)c1cc3cc(Nc4nccc(C5=CCCC=N5)n4)ccc3[nH]1)CC2. The lowest BCUT2D eigenvalue weighted by atomic mass is 9.85. The van der Waals surface area contributed by atoms with E-state index in [2.05, 4.69) is 31.3 Å². The number of hydrogen-bond donors (Lipinski definition) is 2. The van der Waals surface area contributed by atoms with Crippen LogP contribution in [-0.4, -0.2) is 81.7 Å². The predicted octanol–water partition coefficient (Wildman–Crippen LogP) is 3.37. The second kappa shape index (κ2) is 9.44. The molecule has 2 saturated heterocycles. The molecular formula is C27H29N7O3. The van der Waals surface area contributed by atoms with Crippen molar-refractivity contribution in [2.24, 2.45) is 4.99 Å². The maximum absolute atomic E-state index is 13.3. The van der Waals surface area contributed by atoms with Gasteiger partial charge in [-0.15, -0.1) is 0 Å². The van der Waals surface area contributed by atoms with Gasteiger partial charge in [-0.2, -0.15) is 0 Å². The number of aromatic amines is 1. The quantitative estimate of drug-likeness (QED) is 0.569. The minimum absolute atomic E-state index is 0.00256. The normalized spacial score (nSPS) is 19.4. The number of piperidine rings is 1. The summed E-state index contributed by atoms with van der Waals surface area (Å²) in [4.78, 5) is 45.7. The lowest BCUT2D eigenvalue weighted by molar-refractivity contribution is -0.158. The second-order valence-electron chi connectivity index (χ2n) is 9.82. The van der Waals surface area contributed by atoms with Gasteiger partial charge in [0.2, 0.25) is 11.9 Å². The number of morpholine rings is 1. The second-order valence-corrected chi connectivity index (χ2v) is 9.82. The van der Waals surface area contributed by atoms with Crippen LogP contribution >= 0.6 is 0 Å². The number of allylic oxidation sites excluding steroid dienone is 1. The molecule has 2 amide bonds. The molecular weight excluding hydrogens is 470 g/mol. The third kappa shape index (κ3) is 4.48. The van der Waals surface area contributed by atoms with Crippen molar-refractivity contribution in [1.82, 2.24) is 24.8 Å². The predicted molar refractivity (Wildman–Crippen MR) is 141 cm³/mol. The van der Waals surface area contributed by atoms with E-state index in [4.69, 9.17) is 4.74 Å². The largest absolute Gasteiger partial charge is 0.369 e. The molecule has 10 heteroatoms. The zero-order valence-electron chi connectivity index (χ0n) is 20.7. The van der Waals surface area contributed by atoms with Crippen molar-refractivity contribution in [2.45, 2.75) is 31.2 Å². The van der Waals surface area contributed by atoms with Crippen LogP contribution in [0, 0.1) is 0 Å². The van der Waals surface area contributed by atoms with E-state index in [1.807, 2.05) is 53.4 Å². The first kappa shape index (κ1) is 23.4. The molecule has 6 rings (SSSR count). The Balaban J connectivity index is 1.15. The van der Waals surface area contributed by atoms with Gasteiger partial charge in [0, 0.05) is 49.1 Å². The fourth-order valence-corrected chi connectivity index (χ4v) is 5.26. The summed E-state index contributed by atoms with van der Waals surface area (Å²) in [5.74, 6) is 0.453. The summed E-state index contributed by atoms with van der Waals surface area (Å²) in [6.45, 7) is 1.82. The monoisotopic (exact) mass is 499 g/mol. The summed E-state index contributed by atoms with van der Waals surface area (Å²) >= 11 is 0. The first-order valence-electron chi connectivity index (χ1n) is 12.6. The topological polar surface area (TPSA) is 116 Å². The van der Waals surface area contributed by atoms with Crippen LogP contribution in [0.5, 0.6) is 0 Å². The molecule has 0 atom stereocenters. The van der Waals surface area contributed by atoms with E-state index in [9.17, 15) is 9.59 Å². The Morgan fingerprint density at radius 3 is 2.84 bits per heavy atom. The van der Waals surface area contributed by atoms with Gasteiger partial charge in [0.05, 0.1) is 23.5 Å². The standard InChI is InChI=1S/C27H29N7O3/c1-33-24(35)16-37-17-27(33)8-12-34(13-9-27)25(36)23-15-18-14-19(5-6-20(18)31-23)30-26-29-11-7-22(32-26)21-4-2-3-10-28-21/h4-7,10-11,14-15,31H,2-3,8-9,12-13,16-17H2,1H3,(H,29,30,32). The molecule has 2 N–H and O–H groups in total. The maximum atomic E-state index is 13.3. The van der Waals surface area contributed by atoms with Gasteiger partial charge in [-0.1, -0.05) is 6.08 Å². The Morgan fingerprint density at radius 2 is 2.03 bits per heavy atom. The summed E-state index contributed by atoms with van der Waals surface area (Å²) in [5.41, 5.74) is 3.58. The minimum Gasteiger partial charge on any atom is -0.369 e. The zero-order chi connectivity index (χ0) is 25.4. The van der Waals surface area contributed by atoms with E-state index in [1.165, 1.54) is 0 Å². The van der Waals surface area contributed by atoms with E-state index >= 15 is 0 Å². The number of likely N-dealkylation sites (N-methyl/N-ethyl adjacent to an activating group) is 1. The van der Waals surface area contributed by atoms with Crippen LogP contribution in [-0.2, 0) is 9.53 Å². The fraction of sp³-hybridized carbons (Fsp3) is 0.370. The molecule has 2 fully saturated rings. The molecule has 190 valence electrons. The van der Waals surface area contributed by atoms with Crippen molar-refractivity contribution in [1.29, 1.82) is 0 Å². The molecule has 0 unspecified atom stereocenters. The molecule has 2 aromatic heterocycles. The molecule has 5 heterocycles. The lowest BCUT2D eigenvalue weighted by Crippen LogP contribution is -2.62. The van der Waals surface area contributed by atoms with Crippen LogP contribution in [0.3, 0.4) is 0 Å².